The van der Waals surface area contributed by atoms with Gasteiger partial charge in [-0.3, -0.25) is 0 Å². The van der Waals surface area contributed by atoms with Gasteiger partial charge in [-0.2, -0.15) is 0 Å². The normalized spacial score (nSPS) is 13.7. The first-order valence-electron chi connectivity index (χ1n) is 12.5. The average molecular weight is 457 g/mol. The zero-order chi connectivity index (χ0) is 21.8. The summed E-state index contributed by atoms with van der Waals surface area (Å²) < 4.78 is 34.6. The van der Waals surface area contributed by atoms with E-state index in [0.29, 0.717) is 12.8 Å². The van der Waals surface area contributed by atoms with E-state index in [1.54, 1.807) is 0 Å². The predicted molar refractivity (Wildman–Crippen MR) is 123 cm³/mol. The Labute approximate surface area is 210 Å². The van der Waals surface area contributed by atoms with Gasteiger partial charge in [-0.25, -0.2) is 8.42 Å². The van der Waals surface area contributed by atoms with Gasteiger partial charge in [0.1, 0.15) is 0 Å². The van der Waals surface area contributed by atoms with Crippen molar-refractivity contribution in [2.75, 3.05) is 0 Å². The molecule has 0 rings (SSSR count). The fourth-order valence-electron chi connectivity index (χ4n) is 4.00. The number of aliphatic hydroxyl groups is 1. The van der Waals surface area contributed by atoms with Crippen LogP contribution in [0.15, 0.2) is 0 Å². The minimum absolute atomic E-state index is 0. The zero-order valence-corrected chi connectivity index (χ0v) is 23.2. The van der Waals surface area contributed by atoms with Gasteiger partial charge in [-0.1, -0.05) is 123 Å². The van der Waals surface area contributed by atoms with E-state index in [1.165, 1.54) is 64.2 Å². The van der Waals surface area contributed by atoms with Crippen LogP contribution in [0, 0.1) is 0 Å². The molecule has 0 aliphatic carbocycles. The molecule has 0 radical (unpaired) electrons. The molecule has 0 spiro atoms. The Bertz CT molecular complexity index is 442. The summed E-state index contributed by atoms with van der Waals surface area (Å²) in [7, 11) is -4.32. The third-order valence-corrected chi connectivity index (χ3v) is 7.21. The quantitative estimate of drug-likeness (QED) is 0.151. The molecule has 0 aliphatic rings. The summed E-state index contributed by atoms with van der Waals surface area (Å²) in [6.07, 6.45) is 20.8. The maximum Gasteiger partial charge on any atom is 1.00 e. The molecule has 6 heteroatoms. The smallest absolute Gasteiger partial charge is 0.748 e. The molecule has 30 heavy (non-hydrogen) atoms. The molecule has 0 heterocycles. The Morgan fingerprint density at radius 1 is 0.633 bits per heavy atom. The maximum absolute atomic E-state index is 11.5. The summed E-state index contributed by atoms with van der Waals surface area (Å²) in [5.74, 6) is 0. The fraction of sp³-hybridized carbons (Fsp3) is 1.00. The molecule has 0 aliphatic heterocycles. The van der Waals surface area contributed by atoms with Gasteiger partial charge in [0.05, 0.1) is 21.5 Å². The van der Waals surface area contributed by atoms with Crippen molar-refractivity contribution in [3.05, 3.63) is 0 Å². The second-order valence-corrected chi connectivity index (χ2v) is 10.5. The van der Waals surface area contributed by atoms with Crippen molar-refractivity contribution in [1.29, 1.82) is 0 Å². The van der Waals surface area contributed by atoms with Crippen LogP contribution >= 0.6 is 0 Å². The zero-order valence-electron chi connectivity index (χ0n) is 20.4. The first-order chi connectivity index (χ1) is 13.9. The number of rotatable bonds is 22. The van der Waals surface area contributed by atoms with Crippen molar-refractivity contribution >= 4 is 10.1 Å². The van der Waals surface area contributed by atoms with E-state index < -0.39 is 21.5 Å². The summed E-state index contributed by atoms with van der Waals surface area (Å²) in [5.41, 5.74) is 0. The first kappa shape index (κ1) is 33.0. The molecule has 0 fully saturated rings. The van der Waals surface area contributed by atoms with Crippen LogP contribution in [0.25, 0.3) is 0 Å². The number of unbranched alkanes of at least 4 members (excludes halogenated alkanes) is 15. The van der Waals surface area contributed by atoms with E-state index >= 15 is 0 Å². The number of aliphatic hydroxyl groups excluding tert-OH is 1. The van der Waals surface area contributed by atoms with Crippen LogP contribution in [0.5, 0.6) is 0 Å². The third kappa shape index (κ3) is 22.1. The molecule has 0 saturated heterocycles. The Hall–Kier alpha value is 0.870. The summed E-state index contributed by atoms with van der Waals surface area (Å²) in [6.45, 7) is 4.38. The SMILES string of the molecule is CCCCCCCCCCCCCCCC(CC(O)CCCCCC)S(=O)(=O)[O-].[Na+]. The van der Waals surface area contributed by atoms with E-state index in [1.807, 2.05) is 0 Å². The molecular weight excluding hydrogens is 407 g/mol. The molecule has 0 saturated carbocycles. The van der Waals surface area contributed by atoms with E-state index in [-0.39, 0.29) is 36.0 Å². The van der Waals surface area contributed by atoms with Gasteiger partial charge in [0.2, 0.25) is 0 Å². The summed E-state index contributed by atoms with van der Waals surface area (Å²) in [4.78, 5) is 0. The average Bonchev–Trinajstić information content (AvgIpc) is 2.67. The standard InChI is InChI=1S/C24H50O4S.Na/c1-3-5-7-9-10-11-12-13-14-15-16-17-19-21-24(29(26,27)28)22-23(25)20-18-8-6-4-2;/h23-25H,3-22H2,1-2H3,(H,26,27,28);/q;+1/p-1. The van der Waals surface area contributed by atoms with Gasteiger partial charge < -0.3 is 9.66 Å². The van der Waals surface area contributed by atoms with Crippen molar-refractivity contribution in [3.63, 3.8) is 0 Å². The Kier molecular flexibility index (Phi) is 25.4. The monoisotopic (exact) mass is 456 g/mol. The van der Waals surface area contributed by atoms with Crippen LogP contribution in [0.1, 0.15) is 142 Å². The van der Waals surface area contributed by atoms with Crippen LogP contribution in [0.2, 0.25) is 0 Å². The second-order valence-electron chi connectivity index (χ2n) is 8.88. The van der Waals surface area contributed by atoms with Gasteiger partial charge in [0.15, 0.2) is 0 Å². The van der Waals surface area contributed by atoms with E-state index in [4.69, 9.17) is 0 Å². The van der Waals surface area contributed by atoms with E-state index in [2.05, 4.69) is 13.8 Å². The van der Waals surface area contributed by atoms with Crippen LogP contribution in [-0.2, 0) is 10.1 Å². The molecule has 0 aromatic carbocycles. The van der Waals surface area contributed by atoms with Crippen LogP contribution < -0.4 is 29.6 Å². The topological polar surface area (TPSA) is 77.4 Å². The molecule has 0 bridgehead atoms. The summed E-state index contributed by atoms with van der Waals surface area (Å²) in [6, 6.07) is 0. The van der Waals surface area contributed by atoms with Crippen LogP contribution in [-0.4, -0.2) is 29.4 Å². The fourth-order valence-corrected chi connectivity index (χ4v) is 4.91. The molecule has 2 atom stereocenters. The third-order valence-electron chi connectivity index (χ3n) is 5.96. The Morgan fingerprint density at radius 3 is 1.37 bits per heavy atom. The molecular formula is C24H49NaO4S. The van der Waals surface area contributed by atoms with Gasteiger partial charge in [0, 0.05) is 0 Å². The molecule has 0 amide bonds. The minimum atomic E-state index is -4.32. The maximum atomic E-state index is 11.5. The molecule has 4 nitrogen and oxygen atoms in total. The van der Waals surface area contributed by atoms with E-state index in [0.717, 1.165) is 44.9 Å². The number of hydrogen-bond acceptors (Lipinski definition) is 4. The molecule has 0 aromatic rings. The second kappa shape index (κ2) is 23.0. The van der Waals surface area contributed by atoms with Crippen molar-refractivity contribution in [2.45, 2.75) is 154 Å². The van der Waals surface area contributed by atoms with Gasteiger partial charge >= 0.3 is 29.6 Å². The van der Waals surface area contributed by atoms with Crippen molar-refractivity contribution < 1.29 is 47.6 Å². The Balaban J connectivity index is 0. The van der Waals surface area contributed by atoms with Gasteiger partial charge in [-0.05, 0) is 19.3 Å². The van der Waals surface area contributed by atoms with Crippen molar-refractivity contribution in [2.24, 2.45) is 0 Å². The minimum Gasteiger partial charge on any atom is -0.748 e. The first-order valence-corrected chi connectivity index (χ1v) is 14.0. The van der Waals surface area contributed by atoms with Crippen LogP contribution in [0.3, 0.4) is 0 Å². The Morgan fingerprint density at radius 2 is 0.967 bits per heavy atom. The number of hydrogen-bond donors (Lipinski definition) is 1. The molecule has 1 N–H and O–H groups in total. The summed E-state index contributed by atoms with van der Waals surface area (Å²) in [5, 5.41) is 9.16. The molecule has 0 aromatic heterocycles. The van der Waals surface area contributed by atoms with E-state index in [9.17, 15) is 18.1 Å². The molecule has 2 unspecified atom stereocenters. The van der Waals surface area contributed by atoms with Gasteiger partial charge in [-0.15, -0.1) is 0 Å². The van der Waals surface area contributed by atoms with Crippen LogP contribution in [0.4, 0.5) is 0 Å². The molecule has 176 valence electrons. The van der Waals surface area contributed by atoms with Gasteiger partial charge in [0.25, 0.3) is 0 Å². The van der Waals surface area contributed by atoms with Crippen molar-refractivity contribution in [1.82, 2.24) is 0 Å². The largest absolute Gasteiger partial charge is 1.00 e. The van der Waals surface area contributed by atoms with Crippen molar-refractivity contribution in [3.8, 4) is 0 Å². The predicted octanol–water partition coefficient (Wildman–Crippen LogP) is 4.11. The summed E-state index contributed by atoms with van der Waals surface area (Å²) >= 11 is 0.